The van der Waals surface area contributed by atoms with Crippen molar-refractivity contribution in [2.24, 2.45) is 0 Å². The number of nitrogens with zero attached hydrogens (tertiary/aromatic N) is 6. The summed E-state index contributed by atoms with van der Waals surface area (Å²) in [4.78, 5) is 35.9. The molecule has 206 valence electrons. The van der Waals surface area contributed by atoms with Gasteiger partial charge in [0.2, 0.25) is 5.89 Å². The summed E-state index contributed by atoms with van der Waals surface area (Å²) in [7, 11) is 0. The molecule has 3 amide bonds. The van der Waals surface area contributed by atoms with Gasteiger partial charge in [0, 0.05) is 31.9 Å². The van der Waals surface area contributed by atoms with Crippen LogP contribution in [0.15, 0.2) is 47.0 Å². The van der Waals surface area contributed by atoms with Crippen molar-refractivity contribution in [1.29, 1.82) is 0 Å². The maximum absolute atomic E-state index is 13.8. The number of pyridine rings is 1. The first-order valence-electron chi connectivity index (χ1n) is 12.8. The Balaban J connectivity index is 1.30. The molecule has 1 saturated heterocycles. The number of alkyl halides is 2. The molecule has 0 N–H and O–H groups in total. The van der Waals surface area contributed by atoms with E-state index in [0.717, 1.165) is 11.3 Å². The molecule has 1 aromatic carbocycles. The van der Waals surface area contributed by atoms with E-state index in [9.17, 15) is 18.4 Å². The van der Waals surface area contributed by atoms with E-state index in [-0.39, 0.29) is 30.6 Å². The number of anilines is 1. The molecule has 1 fully saturated rings. The third-order valence-electron chi connectivity index (χ3n) is 6.68. The number of amides is 3. The molecule has 3 aromatic rings. The van der Waals surface area contributed by atoms with Gasteiger partial charge < -0.3 is 19.0 Å². The Morgan fingerprint density at radius 2 is 1.87 bits per heavy atom. The van der Waals surface area contributed by atoms with Crippen LogP contribution in [-0.2, 0) is 17.8 Å². The van der Waals surface area contributed by atoms with E-state index in [1.54, 1.807) is 21.9 Å². The van der Waals surface area contributed by atoms with Crippen molar-refractivity contribution < 1.29 is 27.5 Å². The lowest BCUT2D eigenvalue weighted by atomic mass is 10.0. The van der Waals surface area contributed by atoms with E-state index in [0.29, 0.717) is 43.7 Å². The molecule has 5 rings (SSSR count). The summed E-state index contributed by atoms with van der Waals surface area (Å²) in [5.74, 6) is -0.797. The van der Waals surface area contributed by atoms with Gasteiger partial charge in [0.15, 0.2) is 0 Å². The summed E-state index contributed by atoms with van der Waals surface area (Å²) >= 11 is 0. The number of hydrogen-bond donors (Lipinski definition) is 0. The van der Waals surface area contributed by atoms with Crippen LogP contribution < -0.4 is 4.90 Å². The molecule has 12 heteroatoms. The van der Waals surface area contributed by atoms with Gasteiger partial charge in [0.25, 0.3) is 5.89 Å². The lowest BCUT2D eigenvalue weighted by molar-refractivity contribution is 0.0161. The maximum atomic E-state index is 13.8. The Morgan fingerprint density at radius 3 is 2.51 bits per heavy atom. The van der Waals surface area contributed by atoms with E-state index in [4.69, 9.17) is 9.15 Å². The van der Waals surface area contributed by atoms with Crippen LogP contribution >= 0.6 is 0 Å². The fourth-order valence-electron chi connectivity index (χ4n) is 4.79. The van der Waals surface area contributed by atoms with Crippen molar-refractivity contribution in [3.05, 3.63) is 59.7 Å². The number of carbonyl (C=O) groups excluding carboxylic acids is 2. The number of likely N-dealkylation sites (tertiary alicyclic amines) is 1. The number of fused-ring (bicyclic) bond motifs is 1. The van der Waals surface area contributed by atoms with Crippen LogP contribution in [0.25, 0.3) is 11.5 Å². The standard InChI is InChI=1S/C27H30F2N6O4/c1-27(2,3)39-26(37)33-12-10-20(11-13-33)34-15-18-6-4-5-7-21(18)35(25(34)36)16-19-9-8-17(14-30-19)23-31-32-24(38-23)22(28)29/h4-9,14,20,22H,10-13,15-16H2,1-3H3. The Bertz CT molecular complexity index is 1330. The van der Waals surface area contributed by atoms with Crippen molar-refractivity contribution >= 4 is 17.8 Å². The first kappa shape index (κ1) is 26.5. The predicted molar refractivity (Wildman–Crippen MR) is 137 cm³/mol. The minimum atomic E-state index is -2.85. The second-order valence-electron chi connectivity index (χ2n) is 10.6. The molecule has 4 heterocycles. The highest BCUT2D eigenvalue weighted by atomic mass is 19.3. The molecule has 0 spiro atoms. The normalized spacial score (nSPS) is 16.6. The number of hydrogen-bond acceptors (Lipinski definition) is 7. The molecule has 0 atom stereocenters. The fraction of sp³-hybridized carbons (Fsp3) is 0.444. The third-order valence-corrected chi connectivity index (χ3v) is 6.68. The number of ether oxygens (including phenoxy) is 1. The number of carbonyl (C=O) groups is 2. The van der Waals surface area contributed by atoms with Gasteiger partial charge in [-0.2, -0.15) is 8.78 Å². The number of para-hydroxylation sites is 1. The van der Waals surface area contributed by atoms with Crippen molar-refractivity contribution in [2.45, 2.75) is 64.8 Å². The molecule has 0 aliphatic carbocycles. The largest absolute Gasteiger partial charge is 0.444 e. The fourth-order valence-corrected chi connectivity index (χ4v) is 4.79. The lowest BCUT2D eigenvalue weighted by Gasteiger charge is -2.44. The number of urea groups is 1. The van der Waals surface area contributed by atoms with Crippen LogP contribution in [-0.4, -0.2) is 61.8 Å². The zero-order valence-corrected chi connectivity index (χ0v) is 22.0. The van der Waals surface area contributed by atoms with Gasteiger partial charge in [-0.15, -0.1) is 10.2 Å². The topological polar surface area (TPSA) is 105 Å². The highest BCUT2D eigenvalue weighted by Gasteiger charge is 2.37. The molecule has 0 radical (unpaired) electrons. The minimum absolute atomic E-state index is 0.0241. The molecule has 2 aliphatic heterocycles. The molecule has 0 bridgehead atoms. The summed E-state index contributed by atoms with van der Waals surface area (Å²) < 4.78 is 36.1. The molecule has 0 saturated carbocycles. The zero-order valence-electron chi connectivity index (χ0n) is 22.0. The van der Waals surface area contributed by atoms with Gasteiger partial charge in [-0.3, -0.25) is 9.88 Å². The van der Waals surface area contributed by atoms with E-state index >= 15 is 0 Å². The van der Waals surface area contributed by atoms with Crippen LogP contribution in [0.5, 0.6) is 0 Å². The van der Waals surface area contributed by atoms with Gasteiger partial charge in [-0.25, -0.2) is 9.59 Å². The van der Waals surface area contributed by atoms with Gasteiger partial charge in [0.05, 0.1) is 23.5 Å². The maximum Gasteiger partial charge on any atom is 0.410 e. The highest BCUT2D eigenvalue weighted by Crippen LogP contribution is 2.33. The molecular weight excluding hydrogens is 510 g/mol. The molecule has 2 aromatic heterocycles. The van der Waals surface area contributed by atoms with E-state index < -0.39 is 17.9 Å². The molecular formula is C27H30F2N6O4. The van der Waals surface area contributed by atoms with E-state index in [2.05, 4.69) is 15.2 Å². The SMILES string of the molecule is CC(C)(C)OC(=O)N1CCC(N2Cc3ccccc3N(Cc3ccc(-c4nnc(C(F)F)o4)cn3)C2=O)CC1. The monoisotopic (exact) mass is 540 g/mol. The van der Waals surface area contributed by atoms with Gasteiger partial charge in [-0.05, 0) is 57.4 Å². The first-order chi connectivity index (χ1) is 18.6. The molecule has 2 aliphatic rings. The van der Waals surface area contributed by atoms with E-state index in [1.807, 2.05) is 49.9 Å². The third kappa shape index (κ3) is 5.84. The van der Waals surface area contributed by atoms with E-state index in [1.165, 1.54) is 6.20 Å². The predicted octanol–water partition coefficient (Wildman–Crippen LogP) is 5.41. The van der Waals surface area contributed by atoms with Crippen LogP contribution in [0.3, 0.4) is 0 Å². The zero-order chi connectivity index (χ0) is 27.7. The Morgan fingerprint density at radius 1 is 1.13 bits per heavy atom. The van der Waals surface area contributed by atoms with Crippen molar-refractivity contribution in [2.75, 3.05) is 18.0 Å². The first-order valence-corrected chi connectivity index (χ1v) is 12.8. The van der Waals surface area contributed by atoms with Crippen molar-refractivity contribution in [3.63, 3.8) is 0 Å². The second-order valence-corrected chi connectivity index (χ2v) is 10.6. The van der Waals surface area contributed by atoms with Crippen molar-refractivity contribution in [3.8, 4) is 11.5 Å². The number of benzene rings is 1. The summed E-state index contributed by atoms with van der Waals surface area (Å²) in [5, 5.41) is 6.99. The van der Waals surface area contributed by atoms with Crippen LogP contribution in [0.2, 0.25) is 0 Å². The van der Waals surface area contributed by atoms with Crippen molar-refractivity contribution in [1.82, 2.24) is 25.0 Å². The smallest absolute Gasteiger partial charge is 0.410 e. The van der Waals surface area contributed by atoms with Crippen LogP contribution in [0.4, 0.5) is 24.1 Å². The van der Waals surface area contributed by atoms with Crippen LogP contribution in [0.1, 0.15) is 57.2 Å². The lowest BCUT2D eigenvalue weighted by Crippen LogP contribution is -2.54. The Labute approximate surface area is 224 Å². The Kier molecular flexibility index (Phi) is 7.19. The quantitative estimate of drug-likeness (QED) is 0.426. The molecule has 10 nitrogen and oxygen atoms in total. The highest BCUT2D eigenvalue weighted by molar-refractivity contribution is 5.95. The Hall–Kier alpha value is -4.09. The minimum Gasteiger partial charge on any atom is -0.444 e. The van der Waals surface area contributed by atoms with Gasteiger partial charge >= 0.3 is 18.5 Å². The average Bonchev–Trinajstić information content (AvgIpc) is 3.41. The summed E-state index contributed by atoms with van der Waals surface area (Å²) in [6, 6.07) is 10.9. The summed E-state index contributed by atoms with van der Waals surface area (Å²) in [6.07, 6.45) is -0.422. The number of aromatic nitrogens is 3. The van der Waals surface area contributed by atoms with Gasteiger partial charge in [0.1, 0.15) is 5.60 Å². The van der Waals surface area contributed by atoms with Gasteiger partial charge in [-0.1, -0.05) is 18.2 Å². The number of halogens is 2. The second kappa shape index (κ2) is 10.6. The summed E-state index contributed by atoms with van der Waals surface area (Å²) in [5.41, 5.74) is 2.29. The molecule has 39 heavy (non-hydrogen) atoms. The molecule has 0 unspecified atom stereocenters. The summed E-state index contributed by atoms with van der Waals surface area (Å²) in [6.45, 7) is 7.24. The number of piperidine rings is 1. The average molecular weight is 541 g/mol. The number of rotatable bonds is 5. The van der Waals surface area contributed by atoms with Crippen LogP contribution in [0, 0.1) is 0 Å².